The summed E-state index contributed by atoms with van der Waals surface area (Å²) < 4.78 is 14.1. The Balaban J connectivity index is 1.88. The van der Waals surface area contributed by atoms with E-state index in [2.05, 4.69) is 70.9 Å². The number of fused-ring (bicyclic) bond motifs is 1. The van der Waals surface area contributed by atoms with E-state index in [1.54, 1.807) is 0 Å². The summed E-state index contributed by atoms with van der Waals surface area (Å²) >= 11 is 4.55. The first-order valence-corrected chi connectivity index (χ1v) is 13.5. The molecule has 6 heteroatoms. The van der Waals surface area contributed by atoms with E-state index in [1.165, 1.54) is 0 Å². The van der Waals surface area contributed by atoms with Crippen LogP contribution in [0.3, 0.4) is 0 Å². The predicted octanol–water partition coefficient (Wildman–Crippen LogP) is 7.33. The summed E-state index contributed by atoms with van der Waals surface area (Å²) in [5.74, 6) is 1.68. The third-order valence-corrected chi connectivity index (χ3v) is 7.31. The van der Waals surface area contributed by atoms with Crippen molar-refractivity contribution in [3.05, 3.63) is 60.4 Å². The number of aryl methyl sites for hydroxylation is 1. The van der Waals surface area contributed by atoms with Crippen LogP contribution < -0.4 is 4.74 Å². The second-order valence-corrected chi connectivity index (χ2v) is 10.2. The molecule has 3 rings (SSSR count). The Kier molecular flexibility index (Phi) is 9.85. The molecule has 0 fully saturated rings. The molecule has 0 N–H and O–H groups in total. The number of rotatable bonds is 12. The van der Waals surface area contributed by atoms with Crippen molar-refractivity contribution in [2.75, 3.05) is 26.2 Å². The number of nitrogens with zero attached hydrogens (tertiary/aromatic N) is 1. The number of para-hydroxylation sites is 1. The highest BCUT2D eigenvalue weighted by molar-refractivity contribution is 14.1. The molecule has 0 saturated heterocycles. The number of ether oxygens (including phenoxy) is 1. The van der Waals surface area contributed by atoms with Crippen LogP contribution in [0.1, 0.15) is 61.7 Å². The van der Waals surface area contributed by atoms with E-state index in [0.717, 1.165) is 74.9 Å². The molecule has 0 amide bonds. The monoisotopic (exact) mass is 659 g/mol. The lowest BCUT2D eigenvalue weighted by Gasteiger charge is -2.19. The molecule has 0 aliphatic carbocycles. The van der Waals surface area contributed by atoms with Crippen molar-refractivity contribution in [2.24, 2.45) is 0 Å². The fraction of sp³-hybridized carbons (Fsp3) is 0.423. The fourth-order valence-electron chi connectivity index (χ4n) is 3.85. The van der Waals surface area contributed by atoms with Crippen molar-refractivity contribution in [2.45, 2.75) is 46.5 Å². The van der Waals surface area contributed by atoms with Gasteiger partial charge in [-0.2, -0.15) is 0 Å². The zero-order valence-corrected chi connectivity index (χ0v) is 23.4. The second-order valence-electron chi connectivity index (χ2n) is 7.83. The first-order chi connectivity index (χ1) is 15.5. The van der Waals surface area contributed by atoms with Crippen molar-refractivity contribution in [3.63, 3.8) is 0 Å². The van der Waals surface area contributed by atoms with Gasteiger partial charge in [0.1, 0.15) is 23.7 Å². The molecule has 0 saturated carbocycles. The van der Waals surface area contributed by atoms with E-state index in [-0.39, 0.29) is 5.78 Å². The summed E-state index contributed by atoms with van der Waals surface area (Å²) in [6, 6.07) is 11.7. The van der Waals surface area contributed by atoms with Gasteiger partial charge in [-0.25, -0.2) is 0 Å². The van der Waals surface area contributed by atoms with Crippen LogP contribution in [0.25, 0.3) is 11.0 Å². The Morgan fingerprint density at radius 1 is 1.03 bits per heavy atom. The maximum Gasteiger partial charge on any atom is 0.197 e. The maximum absolute atomic E-state index is 13.7. The number of carbonyl (C=O) groups excluding carboxylic acids is 1. The fourth-order valence-corrected chi connectivity index (χ4v) is 5.93. The van der Waals surface area contributed by atoms with E-state index < -0.39 is 0 Å². The zero-order valence-electron chi connectivity index (χ0n) is 19.0. The Hall–Kier alpha value is -1.13. The van der Waals surface area contributed by atoms with Gasteiger partial charge in [-0.15, -0.1) is 0 Å². The molecule has 0 spiro atoms. The van der Waals surface area contributed by atoms with Crippen LogP contribution >= 0.6 is 45.2 Å². The zero-order chi connectivity index (χ0) is 23.1. The lowest BCUT2D eigenvalue weighted by atomic mass is 9.98. The Bertz CT molecular complexity index is 1030. The SMILES string of the molecule is CCCCCc1oc2ccccc2c1C(=O)c1cc(I)c(OCCN(CC)CC)c(I)c1. The van der Waals surface area contributed by atoms with E-state index in [1.807, 2.05) is 36.4 Å². The topological polar surface area (TPSA) is 42.7 Å². The summed E-state index contributed by atoms with van der Waals surface area (Å²) in [6.07, 6.45) is 4.06. The molecular weight excluding hydrogens is 628 g/mol. The first kappa shape index (κ1) is 25.5. The van der Waals surface area contributed by atoms with Gasteiger partial charge in [-0.3, -0.25) is 4.79 Å². The summed E-state index contributed by atoms with van der Waals surface area (Å²) in [7, 11) is 0. The first-order valence-electron chi connectivity index (χ1n) is 11.4. The Morgan fingerprint density at radius 2 is 1.72 bits per heavy atom. The predicted molar refractivity (Wildman–Crippen MR) is 148 cm³/mol. The number of unbranched alkanes of at least 4 members (excludes halogenated alkanes) is 2. The lowest BCUT2D eigenvalue weighted by molar-refractivity contribution is 0.103. The number of benzene rings is 2. The van der Waals surface area contributed by atoms with E-state index in [9.17, 15) is 4.79 Å². The molecule has 0 unspecified atom stereocenters. The van der Waals surface area contributed by atoms with Gasteiger partial charge in [-0.05, 0) is 82.9 Å². The second kappa shape index (κ2) is 12.4. The van der Waals surface area contributed by atoms with Gasteiger partial charge in [0.05, 0.1) is 12.7 Å². The lowest BCUT2D eigenvalue weighted by Crippen LogP contribution is -2.28. The molecule has 0 atom stereocenters. The number of halogens is 2. The van der Waals surface area contributed by atoms with Gasteiger partial charge in [-0.1, -0.05) is 51.8 Å². The molecule has 172 valence electrons. The van der Waals surface area contributed by atoms with Crippen molar-refractivity contribution >= 4 is 61.9 Å². The summed E-state index contributed by atoms with van der Waals surface area (Å²) in [5, 5.41) is 0.897. The van der Waals surface area contributed by atoms with Crippen LogP contribution in [0.5, 0.6) is 5.75 Å². The number of ketones is 1. The molecule has 3 aromatic rings. The third-order valence-electron chi connectivity index (χ3n) is 5.71. The van der Waals surface area contributed by atoms with Crippen molar-refractivity contribution in [3.8, 4) is 5.75 Å². The molecule has 0 aliphatic heterocycles. The average molecular weight is 659 g/mol. The van der Waals surface area contributed by atoms with Crippen LogP contribution in [0.4, 0.5) is 0 Å². The van der Waals surface area contributed by atoms with Crippen molar-refractivity contribution in [1.29, 1.82) is 0 Å². The molecule has 0 aliphatic rings. The summed E-state index contributed by atoms with van der Waals surface area (Å²) in [6.45, 7) is 10.1. The van der Waals surface area contributed by atoms with Gasteiger partial charge in [0.15, 0.2) is 5.78 Å². The van der Waals surface area contributed by atoms with Gasteiger partial charge >= 0.3 is 0 Å². The minimum Gasteiger partial charge on any atom is -0.490 e. The Morgan fingerprint density at radius 3 is 2.38 bits per heavy atom. The van der Waals surface area contributed by atoms with Crippen LogP contribution in [0, 0.1) is 7.14 Å². The number of carbonyl (C=O) groups is 1. The molecule has 4 nitrogen and oxygen atoms in total. The van der Waals surface area contributed by atoms with Crippen LogP contribution in [0.2, 0.25) is 0 Å². The normalized spacial score (nSPS) is 11.4. The summed E-state index contributed by atoms with van der Waals surface area (Å²) in [5.41, 5.74) is 2.17. The number of furan rings is 1. The van der Waals surface area contributed by atoms with Gasteiger partial charge in [0.2, 0.25) is 0 Å². The minimum atomic E-state index is 0.0203. The molecular formula is C26H31I2NO3. The van der Waals surface area contributed by atoms with E-state index >= 15 is 0 Å². The highest BCUT2D eigenvalue weighted by Crippen LogP contribution is 2.33. The highest BCUT2D eigenvalue weighted by Gasteiger charge is 2.23. The molecule has 32 heavy (non-hydrogen) atoms. The number of hydrogen-bond donors (Lipinski definition) is 0. The van der Waals surface area contributed by atoms with Crippen LogP contribution in [-0.2, 0) is 6.42 Å². The van der Waals surface area contributed by atoms with E-state index in [4.69, 9.17) is 9.15 Å². The van der Waals surface area contributed by atoms with E-state index in [0.29, 0.717) is 17.7 Å². The quantitative estimate of drug-likeness (QED) is 0.116. The van der Waals surface area contributed by atoms with Gasteiger partial charge < -0.3 is 14.1 Å². The maximum atomic E-state index is 13.7. The van der Waals surface area contributed by atoms with Gasteiger partial charge in [0.25, 0.3) is 0 Å². The average Bonchev–Trinajstić information content (AvgIpc) is 3.16. The minimum absolute atomic E-state index is 0.0203. The summed E-state index contributed by atoms with van der Waals surface area (Å²) in [4.78, 5) is 16.0. The number of likely N-dealkylation sites (N-methyl/N-ethyl adjacent to an activating group) is 1. The van der Waals surface area contributed by atoms with Gasteiger partial charge in [0, 0.05) is 23.9 Å². The molecule has 0 bridgehead atoms. The Labute approximate surface area is 218 Å². The molecule has 1 heterocycles. The standard InChI is InChI=1S/C26H31I2NO3/c1-4-7-8-13-23-24(19-11-9-10-12-22(19)32-23)25(30)18-16-20(27)26(21(28)17-18)31-15-14-29(5-2)6-3/h9-12,16-17H,4-8,13-15H2,1-3H3. The molecule has 2 aromatic carbocycles. The smallest absolute Gasteiger partial charge is 0.197 e. The number of hydrogen-bond acceptors (Lipinski definition) is 4. The molecule has 0 radical (unpaired) electrons. The van der Waals surface area contributed by atoms with Crippen molar-refractivity contribution < 1.29 is 13.9 Å². The molecule has 1 aromatic heterocycles. The largest absolute Gasteiger partial charge is 0.490 e. The van der Waals surface area contributed by atoms with Crippen molar-refractivity contribution in [1.82, 2.24) is 4.90 Å². The van der Waals surface area contributed by atoms with Crippen LogP contribution in [0.15, 0.2) is 40.8 Å². The third kappa shape index (κ3) is 6.05. The highest BCUT2D eigenvalue weighted by atomic mass is 127. The van der Waals surface area contributed by atoms with Crippen LogP contribution in [-0.4, -0.2) is 36.9 Å².